The fourth-order valence-corrected chi connectivity index (χ4v) is 3.87. The van der Waals surface area contributed by atoms with Gasteiger partial charge in [0.15, 0.2) is 17.2 Å². The third kappa shape index (κ3) is 7.30. The summed E-state index contributed by atoms with van der Waals surface area (Å²) in [5.74, 6) is 1.04. The van der Waals surface area contributed by atoms with Gasteiger partial charge in [-0.25, -0.2) is 4.79 Å². The summed E-state index contributed by atoms with van der Waals surface area (Å²) >= 11 is 1.67. The van der Waals surface area contributed by atoms with Gasteiger partial charge in [-0.1, -0.05) is 37.5 Å². The molecular weight excluding hydrogens is 517 g/mol. The number of ether oxygens (including phenoxy) is 4. The number of carbonyl (C=O) groups is 1. The number of hydrogen-bond acceptors (Lipinski definition) is 6. The molecule has 0 amide bonds. The van der Waals surface area contributed by atoms with Gasteiger partial charge >= 0.3 is 5.97 Å². The van der Waals surface area contributed by atoms with Crippen LogP contribution >= 0.6 is 11.3 Å². The average molecular weight is 549 g/mol. The summed E-state index contributed by atoms with van der Waals surface area (Å²) in [5, 5.41) is 0. The van der Waals surface area contributed by atoms with Gasteiger partial charge in [-0.05, 0) is 18.6 Å². The first-order valence-corrected chi connectivity index (χ1v) is 10.9. The lowest BCUT2D eigenvalue weighted by Gasteiger charge is -2.16. The van der Waals surface area contributed by atoms with Gasteiger partial charge in [0, 0.05) is 13.3 Å². The van der Waals surface area contributed by atoms with Crippen molar-refractivity contribution >= 4 is 17.3 Å². The second-order valence-electron chi connectivity index (χ2n) is 6.85. The van der Waals surface area contributed by atoms with E-state index in [0.717, 1.165) is 12.8 Å². The van der Waals surface area contributed by atoms with Crippen molar-refractivity contribution in [3.63, 3.8) is 0 Å². The summed E-state index contributed by atoms with van der Waals surface area (Å²) < 4.78 is 24.3. The molecule has 0 spiro atoms. The maximum absolute atomic E-state index is 12.5. The normalized spacial score (nSPS) is 10.3. The van der Waals surface area contributed by atoms with Gasteiger partial charge in [0.05, 0.1) is 37.9 Å². The molecule has 6 nitrogen and oxygen atoms in total. The highest BCUT2D eigenvalue weighted by atomic mass is 127. The Hall–Kier alpha value is -1.55. The molecule has 1 aromatic carbocycles. The third-order valence-electron chi connectivity index (χ3n) is 4.79. The molecule has 30 heavy (non-hydrogen) atoms. The van der Waals surface area contributed by atoms with Crippen molar-refractivity contribution < 1.29 is 52.3 Å². The fraction of sp³-hybridized carbons (Fsp3) is 0.545. The van der Waals surface area contributed by atoms with Gasteiger partial charge in [0.1, 0.15) is 7.05 Å². The minimum absolute atomic E-state index is 0. The molecule has 0 N–H and O–H groups in total. The van der Waals surface area contributed by atoms with Gasteiger partial charge in [-0.3, -0.25) is 0 Å². The molecule has 0 aliphatic carbocycles. The first-order valence-electron chi connectivity index (χ1n) is 10.00. The van der Waals surface area contributed by atoms with Crippen LogP contribution in [0.3, 0.4) is 0 Å². The van der Waals surface area contributed by atoms with Crippen LogP contribution in [0.15, 0.2) is 17.6 Å². The minimum atomic E-state index is -0.408. The molecule has 1 heterocycles. The number of rotatable bonds is 12. The third-order valence-corrected chi connectivity index (χ3v) is 5.99. The summed E-state index contributed by atoms with van der Waals surface area (Å²) in [6, 6.07) is 3.28. The Morgan fingerprint density at radius 2 is 1.73 bits per heavy atom. The standard InChI is InChI=1S/C22H32NO5S.HI/c1-6-7-8-9-11-27-21-18(25-4)13-17(14-19(21)26-5)22(24)28-12-10-20-16(2)23(3)15-29-20;/h13-15H,6-12H2,1-5H3;1H/q+1;/p-1. The van der Waals surface area contributed by atoms with Crippen molar-refractivity contribution in [2.45, 2.75) is 46.0 Å². The van der Waals surface area contributed by atoms with Crippen LogP contribution in [0.5, 0.6) is 17.2 Å². The first-order chi connectivity index (χ1) is 14.0. The van der Waals surface area contributed by atoms with E-state index in [2.05, 4.69) is 18.4 Å². The highest BCUT2D eigenvalue weighted by Gasteiger charge is 2.19. The van der Waals surface area contributed by atoms with E-state index in [1.807, 2.05) is 12.6 Å². The van der Waals surface area contributed by atoms with Crippen LogP contribution in [0.4, 0.5) is 0 Å². The molecule has 0 unspecified atom stereocenters. The van der Waals surface area contributed by atoms with Crippen LogP contribution in [0.25, 0.3) is 0 Å². The molecular formula is C22H32INO5S. The Morgan fingerprint density at radius 1 is 1.07 bits per heavy atom. The van der Waals surface area contributed by atoms with Crippen molar-refractivity contribution in [3.8, 4) is 17.2 Å². The van der Waals surface area contributed by atoms with Crippen LogP contribution in [0, 0.1) is 6.92 Å². The van der Waals surface area contributed by atoms with Crippen molar-refractivity contribution in [1.29, 1.82) is 0 Å². The molecule has 0 fully saturated rings. The Morgan fingerprint density at radius 3 is 2.27 bits per heavy atom. The molecule has 0 saturated heterocycles. The quantitative estimate of drug-likeness (QED) is 0.173. The lowest BCUT2D eigenvalue weighted by molar-refractivity contribution is -0.672. The van der Waals surface area contributed by atoms with E-state index in [0.29, 0.717) is 42.4 Å². The van der Waals surface area contributed by atoms with E-state index in [9.17, 15) is 4.79 Å². The van der Waals surface area contributed by atoms with Gasteiger partial charge < -0.3 is 42.9 Å². The highest BCUT2D eigenvalue weighted by Crippen LogP contribution is 2.39. The lowest BCUT2D eigenvalue weighted by Crippen LogP contribution is -3.00. The summed E-state index contributed by atoms with van der Waals surface area (Å²) in [6.45, 7) is 5.13. The Labute approximate surface area is 200 Å². The molecule has 2 aromatic rings. The predicted molar refractivity (Wildman–Crippen MR) is 113 cm³/mol. The monoisotopic (exact) mass is 549 g/mol. The van der Waals surface area contributed by atoms with E-state index >= 15 is 0 Å². The number of hydrogen-bond donors (Lipinski definition) is 0. The number of aromatic nitrogens is 1. The number of benzene rings is 1. The van der Waals surface area contributed by atoms with Crippen molar-refractivity contribution in [2.75, 3.05) is 27.4 Å². The summed E-state index contributed by atoms with van der Waals surface area (Å²) in [4.78, 5) is 13.7. The number of methoxy groups -OCH3 is 2. The second kappa shape index (κ2) is 13.7. The number of nitrogens with zero attached hydrogens (tertiary/aromatic N) is 1. The molecule has 0 aliphatic heterocycles. The number of esters is 1. The SMILES string of the molecule is CCCCCCOc1c(OC)cc(C(=O)OCCc2sc[n+](C)c2C)cc1OC.[I-]. The first kappa shape index (κ1) is 26.5. The number of unbranched alkanes of at least 4 members (excludes halogenated alkanes) is 3. The minimum Gasteiger partial charge on any atom is -1.00 e. The van der Waals surface area contributed by atoms with E-state index in [1.165, 1.54) is 23.4 Å². The number of carbonyl (C=O) groups excluding carboxylic acids is 1. The van der Waals surface area contributed by atoms with Gasteiger partial charge in [0.2, 0.25) is 11.3 Å². The smallest absolute Gasteiger partial charge is 0.338 e. The van der Waals surface area contributed by atoms with Crippen LogP contribution in [0.2, 0.25) is 0 Å². The zero-order valence-corrected chi connectivity index (χ0v) is 21.4. The summed E-state index contributed by atoms with van der Waals surface area (Å²) in [7, 11) is 5.11. The van der Waals surface area contributed by atoms with Crippen molar-refractivity contribution in [3.05, 3.63) is 33.8 Å². The Kier molecular flexibility index (Phi) is 12.1. The largest absolute Gasteiger partial charge is 1.00 e. The van der Waals surface area contributed by atoms with Gasteiger partial charge in [0.25, 0.3) is 0 Å². The molecule has 0 radical (unpaired) electrons. The molecule has 0 saturated carbocycles. The van der Waals surface area contributed by atoms with Crippen LogP contribution in [-0.4, -0.2) is 33.4 Å². The molecule has 8 heteroatoms. The van der Waals surface area contributed by atoms with Gasteiger partial charge in [-0.2, -0.15) is 4.57 Å². The van der Waals surface area contributed by atoms with Crippen LogP contribution in [0.1, 0.15) is 53.5 Å². The molecule has 0 atom stereocenters. The van der Waals surface area contributed by atoms with Crippen LogP contribution < -0.4 is 42.8 Å². The van der Waals surface area contributed by atoms with E-state index in [4.69, 9.17) is 18.9 Å². The van der Waals surface area contributed by atoms with Gasteiger partial charge in [-0.15, -0.1) is 0 Å². The zero-order chi connectivity index (χ0) is 21.2. The Bertz CT molecular complexity index is 784. The Balaban J connectivity index is 0.00000450. The molecule has 1 aromatic heterocycles. The van der Waals surface area contributed by atoms with Crippen molar-refractivity contribution in [1.82, 2.24) is 0 Å². The lowest BCUT2D eigenvalue weighted by atomic mass is 10.1. The molecule has 0 aliphatic rings. The maximum Gasteiger partial charge on any atom is 0.338 e. The zero-order valence-electron chi connectivity index (χ0n) is 18.5. The summed E-state index contributed by atoms with van der Waals surface area (Å²) in [6.07, 6.45) is 5.13. The maximum atomic E-state index is 12.5. The topological polar surface area (TPSA) is 57.9 Å². The van der Waals surface area contributed by atoms with Crippen molar-refractivity contribution in [2.24, 2.45) is 7.05 Å². The summed E-state index contributed by atoms with van der Waals surface area (Å²) in [5.41, 5.74) is 3.61. The van der Waals surface area contributed by atoms with E-state index < -0.39 is 5.97 Å². The van der Waals surface area contributed by atoms with E-state index in [1.54, 1.807) is 37.7 Å². The number of halogens is 1. The molecule has 0 bridgehead atoms. The second-order valence-corrected chi connectivity index (χ2v) is 7.79. The number of aryl methyl sites for hydroxylation is 1. The molecule has 168 valence electrons. The predicted octanol–water partition coefficient (Wildman–Crippen LogP) is 1.26. The molecule has 2 rings (SSSR count). The number of thiazole rings is 1. The van der Waals surface area contributed by atoms with E-state index in [-0.39, 0.29) is 24.0 Å². The average Bonchev–Trinajstić information content (AvgIpc) is 3.05. The van der Waals surface area contributed by atoms with Crippen LogP contribution in [-0.2, 0) is 18.2 Å². The highest BCUT2D eigenvalue weighted by molar-refractivity contribution is 7.09. The fourth-order valence-electron chi connectivity index (χ4n) is 2.91.